The molecular formula is C17H27NO2S. The molecular weight excluding hydrogens is 282 g/mol. The molecule has 0 fully saturated rings. The molecule has 3 nitrogen and oxygen atoms in total. The molecule has 4 heteroatoms. The van der Waals surface area contributed by atoms with Crippen molar-refractivity contribution >= 4 is 17.2 Å². The van der Waals surface area contributed by atoms with Gasteiger partial charge in [-0.2, -0.15) is 0 Å². The maximum atomic E-state index is 12.4. The van der Waals surface area contributed by atoms with Crippen LogP contribution in [-0.4, -0.2) is 24.2 Å². The molecule has 0 spiro atoms. The van der Waals surface area contributed by atoms with Gasteiger partial charge in [-0.15, -0.1) is 11.3 Å². The molecule has 1 amide bonds. The van der Waals surface area contributed by atoms with Gasteiger partial charge in [-0.05, 0) is 49.5 Å². The smallest absolute Gasteiger partial charge is 0.252 e. The molecule has 2 atom stereocenters. The summed E-state index contributed by atoms with van der Waals surface area (Å²) >= 11 is 1.74. The zero-order valence-electron chi connectivity index (χ0n) is 13.2. The SMILES string of the molecule is CCCC(CCO)CNC(=O)c1csc2c1CCC(C)C2. The number of carbonyl (C=O) groups excluding carboxylic acids is 1. The Bertz CT molecular complexity index is 463. The van der Waals surface area contributed by atoms with Crippen LogP contribution in [0.25, 0.3) is 0 Å². The van der Waals surface area contributed by atoms with Crippen molar-refractivity contribution in [1.82, 2.24) is 5.32 Å². The highest BCUT2D eigenvalue weighted by molar-refractivity contribution is 7.10. The number of nitrogens with one attached hydrogen (secondary N) is 1. The number of hydrogen-bond acceptors (Lipinski definition) is 3. The van der Waals surface area contributed by atoms with E-state index in [1.807, 2.05) is 5.38 Å². The summed E-state index contributed by atoms with van der Waals surface area (Å²) in [5, 5.41) is 14.2. The topological polar surface area (TPSA) is 49.3 Å². The predicted octanol–water partition coefficient (Wildman–Crippen LogP) is 3.40. The fourth-order valence-corrected chi connectivity index (χ4v) is 4.38. The average molecular weight is 309 g/mol. The fourth-order valence-electron chi connectivity index (χ4n) is 3.14. The van der Waals surface area contributed by atoms with E-state index in [0.29, 0.717) is 12.5 Å². The number of fused-ring (bicyclic) bond motifs is 1. The molecule has 0 aliphatic heterocycles. The Labute approximate surface area is 131 Å². The lowest BCUT2D eigenvalue weighted by Crippen LogP contribution is -2.30. The van der Waals surface area contributed by atoms with E-state index in [2.05, 4.69) is 19.2 Å². The van der Waals surface area contributed by atoms with Crippen LogP contribution in [0.4, 0.5) is 0 Å². The van der Waals surface area contributed by atoms with Gasteiger partial charge in [0.2, 0.25) is 0 Å². The Kier molecular flexibility index (Phi) is 6.24. The highest BCUT2D eigenvalue weighted by Crippen LogP contribution is 2.32. The maximum absolute atomic E-state index is 12.4. The number of carbonyl (C=O) groups is 1. The number of rotatable bonds is 7. The van der Waals surface area contributed by atoms with Gasteiger partial charge in [0.1, 0.15) is 0 Å². The quantitative estimate of drug-likeness (QED) is 0.811. The Hall–Kier alpha value is -0.870. The van der Waals surface area contributed by atoms with Gasteiger partial charge >= 0.3 is 0 Å². The molecule has 2 rings (SSSR count). The standard InChI is InChI=1S/C17H27NO2S/c1-3-4-13(7-8-19)10-18-17(20)15-11-21-16-9-12(2)5-6-14(15)16/h11-13,19H,3-10H2,1-2H3,(H,18,20). The van der Waals surface area contributed by atoms with Crippen LogP contribution in [0.5, 0.6) is 0 Å². The molecule has 1 heterocycles. The molecule has 1 aromatic rings. The van der Waals surface area contributed by atoms with Crippen LogP contribution in [0, 0.1) is 11.8 Å². The number of amides is 1. The number of hydrogen-bond donors (Lipinski definition) is 2. The Morgan fingerprint density at radius 3 is 3.05 bits per heavy atom. The second-order valence-electron chi connectivity index (χ2n) is 6.28. The average Bonchev–Trinajstić information content (AvgIpc) is 2.87. The highest BCUT2D eigenvalue weighted by Gasteiger charge is 2.23. The molecule has 0 saturated carbocycles. The lowest BCUT2D eigenvalue weighted by molar-refractivity contribution is 0.0942. The van der Waals surface area contributed by atoms with Gasteiger partial charge in [0.05, 0.1) is 5.56 Å². The molecule has 1 aliphatic rings. The van der Waals surface area contributed by atoms with Gasteiger partial charge in [-0.25, -0.2) is 0 Å². The van der Waals surface area contributed by atoms with Crippen molar-refractivity contribution < 1.29 is 9.90 Å². The number of aliphatic hydroxyl groups is 1. The molecule has 0 aromatic carbocycles. The third-order valence-corrected chi connectivity index (χ3v) is 5.48. The first-order valence-electron chi connectivity index (χ1n) is 8.14. The van der Waals surface area contributed by atoms with E-state index in [1.54, 1.807) is 11.3 Å². The van der Waals surface area contributed by atoms with E-state index in [4.69, 9.17) is 5.11 Å². The molecule has 2 unspecified atom stereocenters. The summed E-state index contributed by atoms with van der Waals surface area (Å²) in [7, 11) is 0. The molecule has 1 aromatic heterocycles. The van der Waals surface area contributed by atoms with Crippen molar-refractivity contribution in [3.05, 3.63) is 21.4 Å². The summed E-state index contributed by atoms with van der Waals surface area (Å²) in [6, 6.07) is 0. The first kappa shape index (κ1) is 16.5. The predicted molar refractivity (Wildman–Crippen MR) is 87.9 cm³/mol. The van der Waals surface area contributed by atoms with Crippen molar-refractivity contribution in [2.75, 3.05) is 13.2 Å². The molecule has 0 bridgehead atoms. The lowest BCUT2D eigenvalue weighted by Gasteiger charge is -2.19. The number of aliphatic hydroxyl groups excluding tert-OH is 1. The minimum atomic E-state index is 0.0705. The van der Waals surface area contributed by atoms with E-state index in [9.17, 15) is 4.79 Å². The van der Waals surface area contributed by atoms with Gasteiger partial charge in [0.15, 0.2) is 0 Å². The monoisotopic (exact) mass is 309 g/mol. The molecule has 0 saturated heterocycles. The van der Waals surface area contributed by atoms with Crippen molar-refractivity contribution in [3.63, 3.8) is 0 Å². The minimum Gasteiger partial charge on any atom is -0.396 e. The van der Waals surface area contributed by atoms with Gasteiger partial charge in [-0.3, -0.25) is 4.79 Å². The van der Waals surface area contributed by atoms with Crippen LogP contribution in [0.3, 0.4) is 0 Å². The third kappa shape index (κ3) is 4.30. The van der Waals surface area contributed by atoms with Crippen LogP contribution in [0.1, 0.15) is 60.3 Å². The van der Waals surface area contributed by atoms with Gasteiger partial charge in [-0.1, -0.05) is 20.3 Å². The third-order valence-electron chi connectivity index (χ3n) is 4.43. The zero-order chi connectivity index (χ0) is 15.2. The Balaban J connectivity index is 1.94. The van der Waals surface area contributed by atoms with Crippen molar-refractivity contribution in [1.29, 1.82) is 0 Å². The summed E-state index contributed by atoms with van der Waals surface area (Å²) in [5.41, 5.74) is 2.17. The molecule has 0 radical (unpaired) electrons. The minimum absolute atomic E-state index is 0.0705. The van der Waals surface area contributed by atoms with Crippen molar-refractivity contribution in [2.45, 2.75) is 52.4 Å². The Morgan fingerprint density at radius 2 is 2.33 bits per heavy atom. The summed E-state index contributed by atoms with van der Waals surface area (Å²) < 4.78 is 0. The van der Waals surface area contributed by atoms with Crippen molar-refractivity contribution in [2.24, 2.45) is 11.8 Å². The summed E-state index contributed by atoms with van der Waals surface area (Å²) in [5.74, 6) is 1.20. The first-order chi connectivity index (χ1) is 10.2. The van der Waals surface area contributed by atoms with Crippen LogP contribution >= 0.6 is 11.3 Å². The lowest BCUT2D eigenvalue weighted by atomic mass is 9.88. The normalized spacial score (nSPS) is 19.1. The zero-order valence-corrected chi connectivity index (χ0v) is 14.0. The van der Waals surface area contributed by atoms with Gasteiger partial charge in [0.25, 0.3) is 5.91 Å². The maximum Gasteiger partial charge on any atom is 0.252 e. The second-order valence-corrected chi connectivity index (χ2v) is 7.24. The number of thiophene rings is 1. The van der Waals surface area contributed by atoms with Gasteiger partial charge < -0.3 is 10.4 Å². The molecule has 118 valence electrons. The summed E-state index contributed by atoms with van der Waals surface area (Å²) in [4.78, 5) is 13.8. The summed E-state index contributed by atoms with van der Waals surface area (Å²) in [6.45, 7) is 5.30. The molecule has 21 heavy (non-hydrogen) atoms. The van der Waals surface area contributed by atoms with E-state index in [0.717, 1.165) is 43.6 Å². The Morgan fingerprint density at radius 1 is 1.52 bits per heavy atom. The fraction of sp³-hybridized carbons (Fsp3) is 0.706. The first-order valence-corrected chi connectivity index (χ1v) is 9.01. The van der Waals surface area contributed by atoms with Gasteiger partial charge in [0, 0.05) is 23.4 Å². The molecule has 2 N–H and O–H groups in total. The van der Waals surface area contributed by atoms with Crippen LogP contribution in [0.15, 0.2) is 5.38 Å². The van der Waals surface area contributed by atoms with E-state index >= 15 is 0 Å². The summed E-state index contributed by atoms with van der Waals surface area (Å²) in [6.07, 6.45) is 6.26. The van der Waals surface area contributed by atoms with Crippen molar-refractivity contribution in [3.8, 4) is 0 Å². The van der Waals surface area contributed by atoms with Crippen LogP contribution in [0.2, 0.25) is 0 Å². The van der Waals surface area contributed by atoms with E-state index in [1.165, 1.54) is 16.9 Å². The van der Waals surface area contributed by atoms with E-state index < -0.39 is 0 Å². The largest absolute Gasteiger partial charge is 0.396 e. The highest BCUT2D eigenvalue weighted by atomic mass is 32.1. The van der Waals surface area contributed by atoms with E-state index in [-0.39, 0.29) is 12.5 Å². The second kappa shape index (κ2) is 7.95. The van der Waals surface area contributed by atoms with Crippen LogP contribution in [-0.2, 0) is 12.8 Å². The molecule has 1 aliphatic carbocycles. The van der Waals surface area contributed by atoms with Crippen LogP contribution < -0.4 is 5.32 Å².